The molecule has 166 valence electrons. The molecule has 0 saturated carbocycles. The molecule has 0 aliphatic rings. The van der Waals surface area contributed by atoms with E-state index in [0.717, 1.165) is 29.6 Å². The van der Waals surface area contributed by atoms with E-state index < -0.39 is 22.3 Å². The number of benzene rings is 3. The molecule has 0 spiro atoms. The fraction of sp³-hybridized carbons (Fsp3) is 0.0455. The van der Waals surface area contributed by atoms with Crippen LogP contribution in [0, 0.1) is 21.7 Å². The minimum atomic E-state index is -0.989. The van der Waals surface area contributed by atoms with Gasteiger partial charge in [0.05, 0.1) is 10.7 Å². The Labute approximate surface area is 190 Å². The Bertz CT molecular complexity index is 1310. The molecule has 0 atom stereocenters. The van der Waals surface area contributed by atoms with E-state index in [1.54, 1.807) is 16.7 Å². The largest absolute Gasteiger partial charge is 0.325 e. The van der Waals surface area contributed by atoms with Gasteiger partial charge in [-0.2, -0.15) is 4.39 Å². The highest BCUT2D eigenvalue weighted by atomic mass is 32.2. The van der Waals surface area contributed by atoms with E-state index in [0.29, 0.717) is 16.5 Å². The number of rotatable bonds is 7. The van der Waals surface area contributed by atoms with Gasteiger partial charge in [-0.3, -0.25) is 19.5 Å². The number of aromatic nitrogens is 3. The smallest absolute Gasteiger partial charge is 0.306 e. The highest BCUT2D eigenvalue weighted by Crippen LogP contribution is 2.28. The molecule has 1 aromatic heterocycles. The number of halogens is 2. The Morgan fingerprint density at radius 2 is 1.76 bits per heavy atom. The summed E-state index contributed by atoms with van der Waals surface area (Å²) in [6.45, 7) is 0. The van der Waals surface area contributed by atoms with Crippen LogP contribution in [0.4, 0.5) is 20.2 Å². The lowest BCUT2D eigenvalue weighted by Gasteiger charge is -2.10. The van der Waals surface area contributed by atoms with Gasteiger partial charge in [0.1, 0.15) is 5.82 Å². The van der Waals surface area contributed by atoms with Crippen molar-refractivity contribution < 1.29 is 18.5 Å². The molecule has 8 nitrogen and oxygen atoms in total. The maximum absolute atomic E-state index is 13.5. The number of anilines is 1. The normalized spacial score (nSPS) is 10.7. The summed E-state index contributed by atoms with van der Waals surface area (Å²) < 4.78 is 28.6. The molecule has 0 fully saturated rings. The number of para-hydroxylation sites is 1. The second kappa shape index (κ2) is 9.57. The van der Waals surface area contributed by atoms with E-state index in [9.17, 15) is 23.7 Å². The van der Waals surface area contributed by atoms with Crippen LogP contribution in [0.25, 0.3) is 17.1 Å². The number of nitrogens with one attached hydrogen (secondary N) is 1. The van der Waals surface area contributed by atoms with Crippen LogP contribution in [0.2, 0.25) is 0 Å². The molecule has 1 heterocycles. The molecule has 0 aliphatic heterocycles. The second-order valence-electron chi connectivity index (χ2n) is 6.74. The Morgan fingerprint density at radius 1 is 1.03 bits per heavy atom. The predicted molar refractivity (Wildman–Crippen MR) is 119 cm³/mol. The standard InChI is InChI=1S/C22H15F2N5O3S/c23-15-8-6-14(7-9-15)21-26-27-22(28(21)17-4-2-1-3-5-17)33-13-20(30)25-16-10-11-18(24)19(12-16)29(31)32/h1-12H,13H2,(H,25,30). The minimum Gasteiger partial charge on any atom is -0.325 e. The lowest BCUT2D eigenvalue weighted by Crippen LogP contribution is -2.15. The van der Waals surface area contributed by atoms with E-state index in [1.165, 1.54) is 18.2 Å². The number of carbonyl (C=O) groups is 1. The maximum atomic E-state index is 13.5. The van der Waals surface area contributed by atoms with Gasteiger partial charge in [-0.05, 0) is 48.5 Å². The second-order valence-corrected chi connectivity index (χ2v) is 7.69. The van der Waals surface area contributed by atoms with E-state index >= 15 is 0 Å². The van der Waals surface area contributed by atoms with Crippen LogP contribution in [-0.4, -0.2) is 31.3 Å². The Hall–Kier alpha value is -4.12. The Morgan fingerprint density at radius 3 is 2.45 bits per heavy atom. The topological polar surface area (TPSA) is 103 Å². The Balaban J connectivity index is 1.56. The first kappa shape index (κ1) is 22.1. The van der Waals surface area contributed by atoms with Gasteiger partial charge >= 0.3 is 5.69 Å². The number of hydrogen-bond acceptors (Lipinski definition) is 6. The molecule has 1 N–H and O–H groups in total. The summed E-state index contributed by atoms with van der Waals surface area (Å²) in [5.41, 5.74) is 0.764. The SMILES string of the molecule is O=C(CSc1nnc(-c2ccc(F)cc2)n1-c1ccccc1)Nc1ccc(F)c([N+](=O)[O-])c1. The molecular weight excluding hydrogens is 452 g/mol. The van der Waals surface area contributed by atoms with E-state index in [1.807, 2.05) is 30.3 Å². The first-order valence-corrected chi connectivity index (χ1v) is 10.5. The van der Waals surface area contributed by atoms with Gasteiger partial charge in [0.25, 0.3) is 0 Å². The van der Waals surface area contributed by atoms with Crippen LogP contribution in [0.5, 0.6) is 0 Å². The number of nitrogens with zero attached hydrogens (tertiary/aromatic N) is 4. The first-order valence-electron chi connectivity index (χ1n) is 9.56. The van der Waals surface area contributed by atoms with Crippen molar-refractivity contribution in [3.05, 3.63) is 94.5 Å². The van der Waals surface area contributed by atoms with Crippen LogP contribution < -0.4 is 5.32 Å². The van der Waals surface area contributed by atoms with Crippen molar-refractivity contribution in [2.75, 3.05) is 11.1 Å². The van der Waals surface area contributed by atoms with E-state index in [4.69, 9.17) is 0 Å². The molecule has 1 amide bonds. The van der Waals surface area contributed by atoms with Gasteiger partial charge in [0.15, 0.2) is 11.0 Å². The van der Waals surface area contributed by atoms with Gasteiger partial charge in [0.2, 0.25) is 11.7 Å². The fourth-order valence-electron chi connectivity index (χ4n) is 3.02. The number of nitro groups is 1. The van der Waals surface area contributed by atoms with E-state index in [-0.39, 0.29) is 17.3 Å². The molecule has 0 unspecified atom stereocenters. The monoisotopic (exact) mass is 467 g/mol. The minimum absolute atomic E-state index is 0.0838. The van der Waals surface area contributed by atoms with Crippen molar-refractivity contribution in [3.8, 4) is 17.1 Å². The first-order chi connectivity index (χ1) is 15.9. The third-order valence-electron chi connectivity index (χ3n) is 4.51. The van der Waals surface area contributed by atoms with Gasteiger partial charge in [0, 0.05) is 23.0 Å². The van der Waals surface area contributed by atoms with Gasteiger partial charge < -0.3 is 5.32 Å². The zero-order valence-electron chi connectivity index (χ0n) is 16.8. The van der Waals surface area contributed by atoms with Crippen LogP contribution >= 0.6 is 11.8 Å². The number of carbonyl (C=O) groups excluding carboxylic acids is 1. The van der Waals surface area contributed by atoms with Gasteiger partial charge in [-0.25, -0.2) is 4.39 Å². The molecule has 0 bridgehead atoms. The van der Waals surface area contributed by atoms with Gasteiger partial charge in [-0.15, -0.1) is 10.2 Å². The fourth-order valence-corrected chi connectivity index (χ4v) is 3.77. The highest BCUT2D eigenvalue weighted by Gasteiger charge is 2.19. The predicted octanol–water partition coefficient (Wildman–Crippen LogP) is 4.85. The van der Waals surface area contributed by atoms with Gasteiger partial charge in [-0.1, -0.05) is 30.0 Å². The lowest BCUT2D eigenvalue weighted by atomic mass is 10.2. The molecule has 33 heavy (non-hydrogen) atoms. The van der Waals surface area contributed by atoms with Crippen LogP contribution in [0.1, 0.15) is 0 Å². The molecule has 0 aliphatic carbocycles. The highest BCUT2D eigenvalue weighted by molar-refractivity contribution is 7.99. The molecule has 0 radical (unpaired) electrons. The molecule has 4 rings (SSSR count). The quantitative estimate of drug-likeness (QED) is 0.237. The molecular formula is C22H15F2N5O3S. The van der Waals surface area contributed by atoms with Crippen LogP contribution in [-0.2, 0) is 4.79 Å². The van der Waals surface area contributed by atoms with Crippen LogP contribution in [0.3, 0.4) is 0 Å². The number of thioether (sulfide) groups is 1. The van der Waals surface area contributed by atoms with Crippen molar-refractivity contribution in [2.24, 2.45) is 0 Å². The summed E-state index contributed by atoms with van der Waals surface area (Å²) in [6, 6.07) is 18.2. The number of hydrogen-bond donors (Lipinski definition) is 1. The number of amides is 1. The van der Waals surface area contributed by atoms with Crippen molar-refractivity contribution in [2.45, 2.75) is 5.16 Å². The van der Waals surface area contributed by atoms with Crippen molar-refractivity contribution >= 4 is 29.0 Å². The summed E-state index contributed by atoms with van der Waals surface area (Å²) in [4.78, 5) is 22.4. The summed E-state index contributed by atoms with van der Waals surface area (Å²) >= 11 is 1.10. The number of nitro benzene ring substituents is 1. The van der Waals surface area contributed by atoms with E-state index in [2.05, 4.69) is 15.5 Å². The van der Waals surface area contributed by atoms with Crippen molar-refractivity contribution in [1.29, 1.82) is 0 Å². The average molecular weight is 467 g/mol. The summed E-state index contributed by atoms with van der Waals surface area (Å²) in [7, 11) is 0. The average Bonchev–Trinajstić information content (AvgIpc) is 3.24. The van der Waals surface area contributed by atoms with Crippen molar-refractivity contribution in [3.63, 3.8) is 0 Å². The summed E-state index contributed by atoms with van der Waals surface area (Å²) in [5, 5.41) is 22.2. The molecule has 0 saturated heterocycles. The zero-order valence-corrected chi connectivity index (χ0v) is 17.6. The third kappa shape index (κ3) is 5.04. The van der Waals surface area contributed by atoms with Crippen LogP contribution in [0.15, 0.2) is 78.0 Å². The lowest BCUT2D eigenvalue weighted by molar-refractivity contribution is -0.387. The molecule has 11 heteroatoms. The summed E-state index contributed by atoms with van der Waals surface area (Å²) in [5.74, 6) is -1.45. The zero-order chi connectivity index (χ0) is 23.4. The maximum Gasteiger partial charge on any atom is 0.306 e. The molecule has 3 aromatic carbocycles. The summed E-state index contributed by atoms with van der Waals surface area (Å²) in [6.07, 6.45) is 0. The Kier molecular flexibility index (Phi) is 6.41. The van der Waals surface area contributed by atoms with Crippen molar-refractivity contribution in [1.82, 2.24) is 14.8 Å². The third-order valence-corrected chi connectivity index (χ3v) is 5.44. The molecule has 4 aromatic rings.